The van der Waals surface area contributed by atoms with E-state index in [2.05, 4.69) is 18.9 Å². The van der Waals surface area contributed by atoms with Crippen molar-refractivity contribution in [2.24, 2.45) is 0 Å². The largest absolute Gasteiger partial charge is 0.518 e. The van der Waals surface area contributed by atoms with Crippen LogP contribution in [0.4, 0.5) is 9.59 Å². The van der Waals surface area contributed by atoms with Crippen LogP contribution >= 0.6 is 0 Å². The molecule has 0 aromatic rings. The number of aliphatic hydroxyl groups excluding tert-OH is 3. The Hall–Kier alpha value is -1.70. The third-order valence-electron chi connectivity index (χ3n) is 2.78. The van der Waals surface area contributed by atoms with E-state index in [1.807, 2.05) is 0 Å². The first-order valence-electron chi connectivity index (χ1n) is 5.07. The van der Waals surface area contributed by atoms with Gasteiger partial charge in [0.2, 0.25) is 0 Å². The van der Waals surface area contributed by atoms with Crippen molar-refractivity contribution in [2.45, 2.75) is 29.8 Å². The molecule has 2 rings (SSSR count). The maximum Gasteiger partial charge on any atom is 0.518 e. The van der Waals surface area contributed by atoms with Gasteiger partial charge < -0.3 is 49.6 Å². The summed E-state index contributed by atoms with van der Waals surface area (Å²) in [6.45, 7) is -1.11. The molecule has 2 aliphatic heterocycles. The van der Waals surface area contributed by atoms with Gasteiger partial charge >= 0.3 is 29.9 Å². The second kappa shape index (κ2) is 4.15. The normalized spacial score (nSPS) is 37.9. The lowest BCUT2D eigenvalue weighted by molar-refractivity contribution is -0.522. The average Bonchev–Trinajstić information content (AvgIpc) is 2.58. The van der Waals surface area contributed by atoms with E-state index < -0.39 is 48.7 Å². The van der Waals surface area contributed by atoms with Crippen LogP contribution in [0.15, 0.2) is 0 Å². The first-order chi connectivity index (χ1) is 9.09. The molecule has 12 nitrogen and oxygen atoms in total. The lowest BCUT2D eigenvalue weighted by Gasteiger charge is -2.45. The summed E-state index contributed by atoms with van der Waals surface area (Å²) < 4.78 is 16.2. The van der Waals surface area contributed by atoms with Crippen molar-refractivity contribution in [1.82, 2.24) is 0 Å². The molecular formula is C8H10O12. The highest BCUT2D eigenvalue weighted by atomic mass is 17.0. The van der Waals surface area contributed by atoms with Crippen molar-refractivity contribution in [1.29, 1.82) is 0 Å². The highest BCUT2D eigenvalue weighted by molar-refractivity contribution is 5.68. The zero-order valence-electron chi connectivity index (χ0n) is 9.49. The van der Waals surface area contributed by atoms with Gasteiger partial charge in [-0.3, -0.25) is 0 Å². The molecule has 2 saturated heterocycles. The van der Waals surface area contributed by atoms with Crippen molar-refractivity contribution in [3.05, 3.63) is 0 Å². The fourth-order valence-corrected chi connectivity index (χ4v) is 1.69. The molecule has 2 aliphatic rings. The molecule has 2 heterocycles. The number of ether oxygens (including phenoxy) is 4. The van der Waals surface area contributed by atoms with E-state index in [9.17, 15) is 35.1 Å². The summed E-state index contributed by atoms with van der Waals surface area (Å²) in [6, 6.07) is 0. The number of carbonyl (C=O) groups is 2. The third-order valence-corrected chi connectivity index (χ3v) is 2.78. The molecular weight excluding hydrogens is 288 g/mol. The minimum absolute atomic E-state index is 1.11. The predicted octanol–water partition coefficient (Wildman–Crippen LogP) is -3.94. The van der Waals surface area contributed by atoms with E-state index in [1.54, 1.807) is 0 Å². The first-order valence-corrected chi connectivity index (χ1v) is 5.07. The van der Waals surface area contributed by atoms with Gasteiger partial charge in [-0.1, -0.05) is 0 Å². The Morgan fingerprint density at radius 3 is 1.90 bits per heavy atom. The molecule has 0 aliphatic carbocycles. The van der Waals surface area contributed by atoms with E-state index in [0.717, 1.165) is 0 Å². The maximum absolute atomic E-state index is 11.0. The summed E-state index contributed by atoms with van der Waals surface area (Å²) in [5.41, 5.74) is 0. The fourth-order valence-electron chi connectivity index (χ4n) is 1.69. The number of hydrogen-bond acceptors (Lipinski definition) is 12. The maximum atomic E-state index is 11.0. The molecule has 20 heavy (non-hydrogen) atoms. The highest BCUT2D eigenvalue weighted by Crippen LogP contribution is 2.47. The van der Waals surface area contributed by atoms with Crippen LogP contribution in [0.2, 0.25) is 0 Å². The summed E-state index contributed by atoms with van der Waals surface area (Å²) in [4.78, 5) is 21.6. The first kappa shape index (κ1) is 14.7. The van der Waals surface area contributed by atoms with E-state index in [4.69, 9.17) is 5.11 Å². The second-order valence-corrected chi connectivity index (χ2v) is 4.03. The number of cyclic esters (lactones) is 4. The molecule has 6 N–H and O–H groups in total. The second-order valence-electron chi connectivity index (χ2n) is 4.03. The third kappa shape index (κ3) is 1.64. The summed E-state index contributed by atoms with van der Waals surface area (Å²) in [6.07, 6.45) is -7.92. The van der Waals surface area contributed by atoms with Gasteiger partial charge in [0.05, 0.1) is 6.61 Å². The summed E-state index contributed by atoms with van der Waals surface area (Å²) in [5.74, 6) is -10.5. The average molecular weight is 298 g/mol. The van der Waals surface area contributed by atoms with Crippen LogP contribution in [0.25, 0.3) is 0 Å². The minimum atomic E-state index is -3.61. The predicted molar refractivity (Wildman–Crippen MR) is 49.1 cm³/mol. The molecule has 12 heteroatoms. The Morgan fingerprint density at radius 1 is 0.950 bits per heavy atom. The molecule has 0 radical (unpaired) electrons. The van der Waals surface area contributed by atoms with Gasteiger partial charge in [-0.2, -0.15) is 0 Å². The van der Waals surface area contributed by atoms with Gasteiger partial charge in [0.1, 0.15) is 6.10 Å². The van der Waals surface area contributed by atoms with Crippen LogP contribution in [-0.4, -0.2) is 79.3 Å². The monoisotopic (exact) mass is 298 g/mol. The smallest absolute Gasteiger partial charge is 0.394 e. The molecule has 0 bridgehead atoms. The molecule has 0 aromatic carbocycles. The lowest BCUT2D eigenvalue weighted by atomic mass is 9.93. The van der Waals surface area contributed by atoms with Crippen molar-refractivity contribution < 1.29 is 59.2 Å². The molecule has 114 valence electrons. The number of carbonyl (C=O) groups excluding carboxylic acids is 2. The summed E-state index contributed by atoms with van der Waals surface area (Å²) in [5, 5.41) is 57.0. The van der Waals surface area contributed by atoms with Crippen LogP contribution in [-0.2, 0) is 18.9 Å². The quantitative estimate of drug-likeness (QED) is 0.276. The molecule has 0 spiro atoms. The topological polar surface area (TPSA) is 192 Å². The van der Waals surface area contributed by atoms with Crippen LogP contribution in [0.1, 0.15) is 0 Å². The van der Waals surface area contributed by atoms with E-state index in [0.29, 0.717) is 0 Å². The van der Waals surface area contributed by atoms with Crippen LogP contribution in [0, 0.1) is 0 Å². The number of hydrogen-bond donors (Lipinski definition) is 6. The van der Waals surface area contributed by atoms with E-state index >= 15 is 0 Å². The van der Waals surface area contributed by atoms with E-state index in [1.165, 1.54) is 0 Å². The zero-order chi connectivity index (χ0) is 15.3. The molecule has 0 saturated carbocycles. The van der Waals surface area contributed by atoms with Crippen molar-refractivity contribution in [3.63, 3.8) is 0 Å². The van der Waals surface area contributed by atoms with Gasteiger partial charge in [0.25, 0.3) is 0 Å². The zero-order valence-corrected chi connectivity index (χ0v) is 9.49. The fraction of sp³-hybridized carbons (Fsp3) is 0.750. The van der Waals surface area contributed by atoms with Crippen LogP contribution in [0.5, 0.6) is 0 Å². The summed E-state index contributed by atoms with van der Waals surface area (Å²) in [7, 11) is 0. The minimum Gasteiger partial charge on any atom is -0.394 e. The number of rotatable bonds is 4. The Bertz CT molecular complexity index is 441. The van der Waals surface area contributed by atoms with Crippen LogP contribution in [0.3, 0.4) is 0 Å². The Morgan fingerprint density at radius 2 is 1.45 bits per heavy atom. The van der Waals surface area contributed by atoms with Gasteiger partial charge in [-0.15, -0.1) is 0 Å². The molecule has 0 unspecified atom stereocenters. The summed E-state index contributed by atoms with van der Waals surface area (Å²) >= 11 is 0. The van der Waals surface area contributed by atoms with Crippen molar-refractivity contribution >= 4 is 12.3 Å². The molecule has 4 atom stereocenters. The van der Waals surface area contributed by atoms with Gasteiger partial charge in [-0.05, 0) is 0 Å². The highest BCUT2D eigenvalue weighted by Gasteiger charge is 2.84. The van der Waals surface area contributed by atoms with Crippen molar-refractivity contribution in [2.75, 3.05) is 6.61 Å². The lowest BCUT2D eigenvalue weighted by Crippen LogP contribution is -2.77. The SMILES string of the molecule is O=C1OC(O)([C@]2(O)OC(=O)O[C@]2(O)[C@@H](O)[C@@H](O)CO)O1. The van der Waals surface area contributed by atoms with Gasteiger partial charge in [-0.25, -0.2) is 9.59 Å². The molecule has 0 aromatic heterocycles. The Labute approximate surface area is 109 Å². The van der Waals surface area contributed by atoms with Crippen molar-refractivity contribution in [3.8, 4) is 0 Å². The van der Waals surface area contributed by atoms with E-state index in [-0.39, 0.29) is 0 Å². The van der Waals surface area contributed by atoms with Crippen LogP contribution < -0.4 is 0 Å². The van der Waals surface area contributed by atoms with Gasteiger partial charge in [0, 0.05) is 0 Å². The van der Waals surface area contributed by atoms with Gasteiger partial charge in [0.15, 0.2) is 6.10 Å². The number of aliphatic hydroxyl groups is 6. The Balaban J connectivity index is 2.39. The Kier molecular flexibility index (Phi) is 3.05. The molecule has 0 amide bonds. The standard InChI is InChI=1S/C8H10O12/c9-1-2(10)3(11)6(14)7(15,18-4(12)17-6)8(16)19-5(13)20-8/h2-3,9-11,14-16H,1H2/t2-,3-,6+,7+/m0/s1. The molecule has 2 fully saturated rings.